The van der Waals surface area contributed by atoms with Crippen LogP contribution in [0.3, 0.4) is 0 Å². The van der Waals surface area contributed by atoms with Crippen molar-refractivity contribution < 1.29 is 9.53 Å². The molecule has 1 rings (SSSR count). The summed E-state index contributed by atoms with van der Waals surface area (Å²) in [6.45, 7) is 7.13. The van der Waals surface area contributed by atoms with Gasteiger partial charge in [0.2, 0.25) is 5.91 Å². The number of hydrogen-bond donors (Lipinski definition) is 1. The fourth-order valence-corrected chi connectivity index (χ4v) is 2.14. The monoisotopic (exact) mass is 351 g/mol. The minimum Gasteiger partial charge on any atom is -0.494 e. The predicted octanol–water partition coefficient (Wildman–Crippen LogP) is 3.10. The minimum atomic E-state index is -0.838. The molecule has 1 amide bonds. The molecule has 1 atom stereocenters. The van der Waals surface area contributed by atoms with Crippen LogP contribution in [0.25, 0.3) is 0 Å². The van der Waals surface area contributed by atoms with Crippen molar-refractivity contribution in [3.63, 3.8) is 0 Å². The Hall–Kier alpha value is -1.77. The first-order valence-corrected chi connectivity index (χ1v) is 8.44. The second kappa shape index (κ2) is 9.51. The summed E-state index contributed by atoms with van der Waals surface area (Å²) in [5.74, 6) is 0.680. The van der Waals surface area contributed by atoms with Gasteiger partial charge in [0.15, 0.2) is 0 Å². The van der Waals surface area contributed by atoms with Crippen LogP contribution in [0.15, 0.2) is 24.3 Å². The van der Waals surface area contributed by atoms with E-state index in [4.69, 9.17) is 16.3 Å². The summed E-state index contributed by atoms with van der Waals surface area (Å²) in [4.78, 5) is 14.0. The van der Waals surface area contributed by atoms with E-state index in [1.165, 1.54) is 0 Å². The molecule has 6 heteroatoms. The average molecular weight is 352 g/mol. The van der Waals surface area contributed by atoms with E-state index in [1.807, 2.05) is 37.9 Å². The lowest BCUT2D eigenvalue weighted by atomic mass is 9.90. The molecule has 24 heavy (non-hydrogen) atoms. The zero-order chi connectivity index (χ0) is 18.2. The third-order valence-electron chi connectivity index (χ3n) is 3.97. The Kier molecular flexibility index (Phi) is 8.03. The fraction of sp³-hybridized carbons (Fsp3) is 0.556. The summed E-state index contributed by atoms with van der Waals surface area (Å²) in [6.07, 6.45) is 0.798. The van der Waals surface area contributed by atoms with Crippen molar-refractivity contribution in [2.45, 2.75) is 32.7 Å². The maximum absolute atomic E-state index is 12.1. The van der Waals surface area contributed by atoms with E-state index in [-0.39, 0.29) is 18.4 Å². The molecule has 1 aromatic carbocycles. The number of carbonyl (C=O) groups excluding carboxylic acids is 1. The van der Waals surface area contributed by atoms with Crippen LogP contribution >= 0.6 is 11.6 Å². The topological polar surface area (TPSA) is 65.4 Å². The largest absolute Gasteiger partial charge is 0.494 e. The van der Waals surface area contributed by atoms with Crippen molar-refractivity contribution in [3.8, 4) is 11.8 Å². The molecular formula is C18H26ClN3O2. The highest BCUT2D eigenvalue weighted by molar-refractivity contribution is 6.30. The van der Waals surface area contributed by atoms with Crippen LogP contribution in [0.5, 0.6) is 5.75 Å². The number of nitrogens with zero attached hydrogens (tertiary/aromatic N) is 2. The molecule has 0 aliphatic heterocycles. The normalized spacial score (nSPS) is 13.4. The summed E-state index contributed by atoms with van der Waals surface area (Å²) in [5.41, 5.74) is -0.838. The maximum atomic E-state index is 12.1. The summed E-state index contributed by atoms with van der Waals surface area (Å²) < 4.78 is 5.62. The number of ether oxygens (including phenoxy) is 1. The van der Waals surface area contributed by atoms with Gasteiger partial charge in [0.05, 0.1) is 19.2 Å². The van der Waals surface area contributed by atoms with Gasteiger partial charge in [-0.05, 0) is 50.6 Å². The zero-order valence-electron chi connectivity index (χ0n) is 14.8. The first-order valence-electron chi connectivity index (χ1n) is 8.06. The molecule has 0 radical (unpaired) electrons. The summed E-state index contributed by atoms with van der Waals surface area (Å²) in [7, 11) is 1.88. The lowest BCUT2D eigenvalue weighted by molar-refractivity contribution is -0.123. The van der Waals surface area contributed by atoms with Gasteiger partial charge in [-0.3, -0.25) is 9.69 Å². The van der Waals surface area contributed by atoms with E-state index in [9.17, 15) is 10.1 Å². The highest BCUT2D eigenvalue weighted by Gasteiger charge is 2.30. The standard InChI is InChI=1S/C18H26ClN3O2/c1-14(2)18(3,13-20)21-17(23)12-22(4)10-5-11-24-16-8-6-15(19)7-9-16/h6-9,14H,5,10-12H2,1-4H3,(H,21,23). The Morgan fingerprint density at radius 3 is 2.58 bits per heavy atom. The Balaban J connectivity index is 2.28. The van der Waals surface area contributed by atoms with Crippen molar-refractivity contribution in [3.05, 3.63) is 29.3 Å². The number of benzene rings is 1. The van der Waals surface area contributed by atoms with Crippen LogP contribution in [0.1, 0.15) is 27.2 Å². The van der Waals surface area contributed by atoms with E-state index < -0.39 is 5.54 Å². The third kappa shape index (κ3) is 6.77. The molecule has 132 valence electrons. The minimum absolute atomic E-state index is 0.0459. The third-order valence-corrected chi connectivity index (χ3v) is 4.22. The number of halogens is 1. The van der Waals surface area contributed by atoms with E-state index in [2.05, 4.69) is 11.4 Å². The molecule has 0 saturated heterocycles. The SMILES string of the molecule is CC(C)C(C)(C#N)NC(=O)CN(C)CCCOc1ccc(Cl)cc1. The summed E-state index contributed by atoms with van der Waals surface area (Å²) in [5, 5.41) is 12.7. The second-order valence-electron chi connectivity index (χ2n) is 6.41. The molecule has 0 heterocycles. The van der Waals surface area contributed by atoms with E-state index in [0.29, 0.717) is 11.6 Å². The van der Waals surface area contributed by atoms with Crippen LogP contribution < -0.4 is 10.1 Å². The highest BCUT2D eigenvalue weighted by Crippen LogP contribution is 2.16. The molecule has 1 N–H and O–H groups in total. The molecule has 1 unspecified atom stereocenters. The van der Waals surface area contributed by atoms with Crippen LogP contribution in [-0.2, 0) is 4.79 Å². The molecule has 0 aliphatic carbocycles. The van der Waals surface area contributed by atoms with Crippen molar-refractivity contribution in [2.75, 3.05) is 26.7 Å². The number of carbonyl (C=O) groups is 1. The van der Waals surface area contributed by atoms with Crippen molar-refractivity contribution in [2.24, 2.45) is 5.92 Å². The molecule has 0 aromatic heterocycles. The van der Waals surface area contributed by atoms with Gasteiger partial charge < -0.3 is 10.1 Å². The van der Waals surface area contributed by atoms with Crippen molar-refractivity contribution >= 4 is 17.5 Å². The quantitative estimate of drug-likeness (QED) is 0.694. The smallest absolute Gasteiger partial charge is 0.235 e. The van der Waals surface area contributed by atoms with Gasteiger partial charge in [-0.25, -0.2) is 0 Å². The van der Waals surface area contributed by atoms with E-state index >= 15 is 0 Å². The van der Waals surface area contributed by atoms with Crippen LogP contribution in [0.2, 0.25) is 5.02 Å². The van der Waals surface area contributed by atoms with Crippen LogP contribution in [-0.4, -0.2) is 43.1 Å². The summed E-state index contributed by atoms with van der Waals surface area (Å²) >= 11 is 5.82. The van der Waals surface area contributed by atoms with Gasteiger partial charge in [-0.15, -0.1) is 0 Å². The molecule has 0 spiro atoms. The van der Waals surface area contributed by atoms with E-state index in [0.717, 1.165) is 18.7 Å². The first-order chi connectivity index (χ1) is 11.3. The number of amides is 1. The zero-order valence-corrected chi connectivity index (χ0v) is 15.6. The predicted molar refractivity (Wildman–Crippen MR) is 96.1 cm³/mol. The van der Waals surface area contributed by atoms with Crippen molar-refractivity contribution in [1.82, 2.24) is 10.2 Å². The van der Waals surface area contributed by atoms with Gasteiger partial charge in [-0.2, -0.15) is 5.26 Å². The Bertz CT molecular complexity index is 569. The van der Waals surface area contributed by atoms with Crippen molar-refractivity contribution in [1.29, 1.82) is 5.26 Å². The van der Waals surface area contributed by atoms with Gasteiger partial charge in [0.1, 0.15) is 11.3 Å². The molecule has 1 aromatic rings. The molecule has 0 aliphatic rings. The second-order valence-corrected chi connectivity index (χ2v) is 6.85. The molecule has 0 bridgehead atoms. The van der Waals surface area contributed by atoms with Crippen LogP contribution in [0.4, 0.5) is 0 Å². The molecular weight excluding hydrogens is 326 g/mol. The average Bonchev–Trinajstić information content (AvgIpc) is 2.52. The Morgan fingerprint density at radius 1 is 1.42 bits per heavy atom. The number of nitriles is 1. The van der Waals surface area contributed by atoms with Crippen LogP contribution in [0, 0.1) is 17.2 Å². The van der Waals surface area contributed by atoms with Gasteiger partial charge in [-0.1, -0.05) is 25.4 Å². The molecule has 0 fully saturated rings. The maximum Gasteiger partial charge on any atom is 0.235 e. The highest BCUT2D eigenvalue weighted by atomic mass is 35.5. The number of likely N-dealkylation sites (N-methyl/N-ethyl adjacent to an activating group) is 1. The van der Waals surface area contributed by atoms with Gasteiger partial charge in [0.25, 0.3) is 0 Å². The Labute approximate surface area is 149 Å². The first kappa shape index (κ1) is 20.3. The molecule has 5 nitrogen and oxygen atoms in total. The molecule has 0 saturated carbocycles. The number of nitrogens with one attached hydrogen (secondary N) is 1. The van der Waals surface area contributed by atoms with E-state index in [1.54, 1.807) is 19.1 Å². The van der Waals surface area contributed by atoms with Gasteiger partial charge >= 0.3 is 0 Å². The summed E-state index contributed by atoms with van der Waals surface area (Å²) in [6, 6.07) is 9.40. The fourth-order valence-electron chi connectivity index (χ4n) is 2.01. The number of hydrogen-bond acceptors (Lipinski definition) is 4. The lowest BCUT2D eigenvalue weighted by Gasteiger charge is -2.28. The lowest BCUT2D eigenvalue weighted by Crippen LogP contribution is -2.51. The number of rotatable bonds is 9. The Morgan fingerprint density at radius 2 is 2.04 bits per heavy atom. The van der Waals surface area contributed by atoms with Gasteiger partial charge in [0, 0.05) is 11.6 Å².